The maximum absolute atomic E-state index is 12.9. The molecule has 182 valence electrons. The van der Waals surface area contributed by atoms with E-state index in [0.717, 1.165) is 29.7 Å². The summed E-state index contributed by atoms with van der Waals surface area (Å²) in [5, 5.41) is 3.24. The van der Waals surface area contributed by atoms with Gasteiger partial charge in [-0.3, -0.25) is 4.79 Å². The van der Waals surface area contributed by atoms with Crippen LogP contribution in [0.25, 0.3) is 11.0 Å². The lowest BCUT2D eigenvalue weighted by Gasteiger charge is -2.28. The number of rotatable bonds is 10. The minimum Gasteiger partial charge on any atom is -0.353 e. The third-order valence-corrected chi connectivity index (χ3v) is 9.90. The van der Waals surface area contributed by atoms with Gasteiger partial charge in [0.05, 0.1) is 15.9 Å². The normalized spacial score (nSPS) is 23.5. The van der Waals surface area contributed by atoms with E-state index in [4.69, 9.17) is 4.98 Å². The number of hydrogen-bond acceptors (Lipinski definition) is 4. The lowest BCUT2D eigenvalue weighted by atomic mass is 9.84. The largest absolute Gasteiger partial charge is 0.353 e. The van der Waals surface area contributed by atoms with Crippen molar-refractivity contribution in [3.63, 3.8) is 0 Å². The number of hydrogen-bond donors (Lipinski definition) is 1. The van der Waals surface area contributed by atoms with Gasteiger partial charge in [-0.1, -0.05) is 20.3 Å². The first-order valence-corrected chi connectivity index (χ1v) is 14.0. The molecule has 0 radical (unpaired) electrons. The van der Waals surface area contributed by atoms with Crippen molar-refractivity contribution in [3.05, 3.63) is 24.0 Å². The fourth-order valence-corrected chi connectivity index (χ4v) is 7.62. The minimum atomic E-state index is -3.53. The van der Waals surface area contributed by atoms with Crippen molar-refractivity contribution >= 4 is 27.0 Å². The molecule has 4 unspecified atom stereocenters. The van der Waals surface area contributed by atoms with Gasteiger partial charge in [-0.15, -0.1) is 0 Å². The van der Waals surface area contributed by atoms with Gasteiger partial charge in [0.25, 0.3) is 0 Å². The lowest BCUT2D eigenvalue weighted by molar-refractivity contribution is -0.122. The standard InChI is InChI=1S/C25H38N4O3S/c1-5-28(6-2)33(31,32)20-10-11-23-22(16-20)27-24(29(23)7-3)12-13-25(30)26-17(4)21-15-18-8-9-19(21)14-18/h10-11,16-19,21H,5-9,12-15H2,1-4H3,(H,26,30). The lowest BCUT2D eigenvalue weighted by Crippen LogP contribution is -2.40. The second kappa shape index (κ2) is 9.74. The van der Waals surface area contributed by atoms with Gasteiger partial charge in [0.1, 0.15) is 5.82 Å². The van der Waals surface area contributed by atoms with Gasteiger partial charge in [-0.25, -0.2) is 13.4 Å². The molecule has 1 aromatic carbocycles. The number of nitrogens with one attached hydrogen (secondary N) is 1. The van der Waals surface area contributed by atoms with Gasteiger partial charge >= 0.3 is 0 Å². The molecule has 1 amide bonds. The van der Waals surface area contributed by atoms with E-state index in [1.54, 1.807) is 12.1 Å². The van der Waals surface area contributed by atoms with Gasteiger partial charge in [0, 0.05) is 38.5 Å². The zero-order valence-electron chi connectivity index (χ0n) is 20.4. The highest BCUT2D eigenvalue weighted by Crippen LogP contribution is 2.49. The summed E-state index contributed by atoms with van der Waals surface area (Å²) in [5.41, 5.74) is 1.57. The monoisotopic (exact) mass is 474 g/mol. The first-order valence-electron chi connectivity index (χ1n) is 12.6. The number of aryl methyl sites for hydroxylation is 2. The van der Waals surface area contributed by atoms with Gasteiger partial charge in [0.2, 0.25) is 15.9 Å². The van der Waals surface area contributed by atoms with Crippen LogP contribution in [-0.2, 0) is 27.8 Å². The molecule has 2 aliphatic carbocycles. The number of aromatic nitrogens is 2. The second-order valence-corrected chi connectivity index (χ2v) is 11.6. The number of fused-ring (bicyclic) bond motifs is 3. The number of sulfonamides is 1. The van der Waals surface area contributed by atoms with E-state index < -0.39 is 10.0 Å². The van der Waals surface area contributed by atoms with E-state index in [1.807, 2.05) is 26.8 Å². The van der Waals surface area contributed by atoms with Crippen LogP contribution in [0.4, 0.5) is 0 Å². The van der Waals surface area contributed by atoms with Gasteiger partial charge in [-0.2, -0.15) is 4.31 Å². The fourth-order valence-electron chi connectivity index (χ4n) is 6.14. The van der Waals surface area contributed by atoms with Gasteiger partial charge in [-0.05, 0) is 69.1 Å². The Balaban J connectivity index is 1.45. The van der Waals surface area contributed by atoms with Crippen LogP contribution in [0.3, 0.4) is 0 Å². The van der Waals surface area contributed by atoms with Crippen LogP contribution in [-0.4, -0.2) is 47.3 Å². The first-order chi connectivity index (χ1) is 15.8. The Morgan fingerprint density at radius 1 is 1.21 bits per heavy atom. The molecule has 0 spiro atoms. The fraction of sp³-hybridized carbons (Fsp3) is 0.680. The van der Waals surface area contributed by atoms with Crippen LogP contribution < -0.4 is 5.32 Å². The number of nitrogens with zero attached hydrogens (tertiary/aromatic N) is 3. The highest BCUT2D eigenvalue weighted by molar-refractivity contribution is 7.89. The molecule has 1 heterocycles. The number of carbonyl (C=O) groups excluding carboxylic acids is 1. The molecule has 2 bridgehead atoms. The van der Waals surface area contributed by atoms with Crippen molar-refractivity contribution in [2.45, 2.75) is 83.7 Å². The third-order valence-electron chi connectivity index (χ3n) is 7.86. The molecular formula is C25H38N4O3S. The van der Waals surface area contributed by atoms with E-state index in [-0.39, 0.29) is 16.8 Å². The van der Waals surface area contributed by atoms with Crippen molar-refractivity contribution in [3.8, 4) is 0 Å². The molecular weight excluding hydrogens is 436 g/mol. The van der Waals surface area contributed by atoms with Crippen LogP contribution in [0.5, 0.6) is 0 Å². The molecule has 2 saturated carbocycles. The molecule has 7 nitrogen and oxygen atoms in total. The molecule has 0 saturated heterocycles. The molecule has 1 N–H and O–H groups in total. The molecule has 2 aromatic rings. The Labute approximate surface area is 198 Å². The Kier molecular flexibility index (Phi) is 7.15. The third kappa shape index (κ3) is 4.69. The molecule has 4 rings (SSSR count). The molecule has 2 fully saturated rings. The molecule has 0 aliphatic heterocycles. The van der Waals surface area contributed by atoms with Gasteiger partial charge in [0.15, 0.2) is 0 Å². The Bertz CT molecular complexity index is 1110. The number of carbonyl (C=O) groups is 1. The van der Waals surface area contributed by atoms with Crippen LogP contribution in [0.15, 0.2) is 23.1 Å². The van der Waals surface area contributed by atoms with E-state index in [9.17, 15) is 13.2 Å². The van der Waals surface area contributed by atoms with Crippen LogP contribution >= 0.6 is 0 Å². The van der Waals surface area contributed by atoms with E-state index >= 15 is 0 Å². The van der Waals surface area contributed by atoms with Gasteiger partial charge < -0.3 is 9.88 Å². The molecule has 1 aromatic heterocycles. The van der Waals surface area contributed by atoms with Crippen molar-refractivity contribution < 1.29 is 13.2 Å². The molecule has 33 heavy (non-hydrogen) atoms. The maximum atomic E-state index is 12.9. The average molecular weight is 475 g/mol. The topological polar surface area (TPSA) is 84.3 Å². The summed E-state index contributed by atoms with van der Waals surface area (Å²) < 4.78 is 29.4. The maximum Gasteiger partial charge on any atom is 0.243 e. The number of benzene rings is 1. The highest BCUT2D eigenvalue weighted by atomic mass is 32.2. The Hall–Kier alpha value is -1.93. The van der Waals surface area contributed by atoms with Crippen molar-refractivity contribution in [2.24, 2.45) is 17.8 Å². The highest BCUT2D eigenvalue weighted by Gasteiger charge is 2.42. The van der Waals surface area contributed by atoms with E-state index in [1.165, 1.54) is 30.0 Å². The summed E-state index contributed by atoms with van der Waals surface area (Å²) in [4.78, 5) is 17.7. The summed E-state index contributed by atoms with van der Waals surface area (Å²) in [5.74, 6) is 3.19. The second-order valence-electron chi connectivity index (χ2n) is 9.71. The average Bonchev–Trinajstić information content (AvgIpc) is 3.51. The summed E-state index contributed by atoms with van der Waals surface area (Å²) >= 11 is 0. The first kappa shape index (κ1) is 24.2. The molecule has 2 aliphatic rings. The summed E-state index contributed by atoms with van der Waals surface area (Å²) in [6.45, 7) is 9.46. The quantitative estimate of drug-likeness (QED) is 0.565. The molecule has 8 heteroatoms. The predicted molar refractivity (Wildman–Crippen MR) is 130 cm³/mol. The zero-order valence-corrected chi connectivity index (χ0v) is 21.2. The zero-order chi connectivity index (χ0) is 23.8. The van der Waals surface area contributed by atoms with Crippen molar-refractivity contribution in [1.29, 1.82) is 0 Å². The van der Waals surface area contributed by atoms with Crippen LogP contribution in [0.2, 0.25) is 0 Å². The SMILES string of the molecule is CCN(CC)S(=O)(=O)c1ccc2c(c1)nc(CCC(=O)NC(C)C1CC3CCC1C3)n2CC. The number of imidazole rings is 1. The van der Waals surface area contributed by atoms with Crippen LogP contribution in [0.1, 0.15) is 65.6 Å². The summed E-state index contributed by atoms with van der Waals surface area (Å²) in [6.07, 6.45) is 6.22. The smallest absolute Gasteiger partial charge is 0.243 e. The van der Waals surface area contributed by atoms with Crippen molar-refractivity contribution in [1.82, 2.24) is 19.2 Å². The van der Waals surface area contributed by atoms with Crippen molar-refractivity contribution in [2.75, 3.05) is 13.1 Å². The van der Waals surface area contributed by atoms with E-state index in [2.05, 4.69) is 16.8 Å². The number of amides is 1. The van der Waals surface area contributed by atoms with Crippen LogP contribution in [0, 0.1) is 17.8 Å². The predicted octanol–water partition coefficient (Wildman–Crippen LogP) is 3.96. The summed E-state index contributed by atoms with van der Waals surface area (Å²) in [7, 11) is -3.53. The summed E-state index contributed by atoms with van der Waals surface area (Å²) in [6, 6.07) is 5.39. The molecule has 4 atom stereocenters. The van der Waals surface area contributed by atoms with E-state index in [0.29, 0.717) is 37.4 Å². The Morgan fingerprint density at radius 3 is 2.58 bits per heavy atom. The minimum absolute atomic E-state index is 0.0739. The Morgan fingerprint density at radius 2 is 1.97 bits per heavy atom.